The van der Waals surface area contributed by atoms with Gasteiger partial charge in [-0.1, -0.05) is 29.8 Å². The molecule has 0 aromatic heterocycles. The highest BCUT2D eigenvalue weighted by atomic mass is 35.5. The Morgan fingerprint density at radius 2 is 1.53 bits per heavy atom. The van der Waals surface area contributed by atoms with Gasteiger partial charge in [0, 0.05) is 17.8 Å². The van der Waals surface area contributed by atoms with Gasteiger partial charge in [-0.25, -0.2) is 8.42 Å². The highest BCUT2D eigenvalue weighted by Gasteiger charge is 2.31. The number of rotatable bonds is 7. The number of hydrogen-bond donors (Lipinski definition) is 0. The van der Waals surface area contributed by atoms with Crippen LogP contribution in [-0.4, -0.2) is 35.0 Å². The second-order valence-corrected chi connectivity index (χ2v) is 10.6. The molecule has 0 bridgehead atoms. The molecule has 180 valence electrons. The van der Waals surface area contributed by atoms with E-state index in [1.807, 2.05) is 39.0 Å². The normalized spacial score (nSPS) is 11.3. The third kappa shape index (κ3) is 5.21. The summed E-state index contributed by atoms with van der Waals surface area (Å²) < 4.78 is 34.2. The maximum absolute atomic E-state index is 13.9. The van der Waals surface area contributed by atoms with Gasteiger partial charge in [-0.3, -0.25) is 9.10 Å². The third-order valence-electron chi connectivity index (χ3n) is 5.86. The van der Waals surface area contributed by atoms with Crippen molar-refractivity contribution in [1.29, 1.82) is 0 Å². The van der Waals surface area contributed by atoms with Gasteiger partial charge < -0.3 is 9.64 Å². The zero-order chi connectivity index (χ0) is 25.2. The van der Waals surface area contributed by atoms with Crippen LogP contribution in [0, 0.1) is 27.7 Å². The van der Waals surface area contributed by atoms with Crippen LogP contribution in [0.15, 0.2) is 59.5 Å². The van der Waals surface area contributed by atoms with E-state index in [9.17, 15) is 13.2 Å². The van der Waals surface area contributed by atoms with Gasteiger partial charge in [0.2, 0.25) is 5.91 Å². The molecule has 1 amide bonds. The van der Waals surface area contributed by atoms with Gasteiger partial charge in [0.15, 0.2) is 0 Å². The minimum Gasteiger partial charge on any atom is -0.495 e. The molecular weight excluding hydrogens is 472 g/mol. The van der Waals surface area contributed by atoms with E-state index < -0.39 is 22.5 Å². The predicted molar refractivity (Wildman–Crippen MR) is 138 cm³/mol. The Bertz CT molecular complexity index is 1340. The molecule has 0 aliphatic heterocycles. The summed E-state index contributed by atoms with van der Waals surface area (Å²) in [6, 6.07) is 15.5. The van der Waals surface area contributed by atoms with Crippen LogP contribution in [-0.2, 0) is 14.8 Å². The Labute approximate surface area is 206 Å². The van der Waals surface area contributed by atoms with Crippen molar-refractivity contribution in [3.05, 3.63) is 81.9 Å². The SMILES string of the molecule is COc1ccc(C)cc1S(=O)(=O)N(CC(=O)N(C)c1ccc(C)c(C)c1)c1ccc(C)c(Cl)c1. The molecular formula is C26H29ClN2O4S. The quantitative estimate of drug-likeness (QED) is 0.433. The molecule has 0 N–H and O–H groups in total. The van der Waals surface area contributed by atoms with Gasteiger partial charge in [-0.05, 0) is 86.3 Å². The van der Waals surface area contributed by atoms with E-state index in [4.69, 9.17) is 16.3 Å². The molecule has 34 heavy (non-hydrogen) atoms. The van der Waals surface area contributed by atoms with E-state index >= 15 is 0 Å². The van der Waals surface area contributed by atoms with E-state index in [1.165, 1.54) is 18.1 Å². The molecule has 0 atom stereocenters. The highest BCUT2D eigenvalue weighted by molar-refractivity contribution is 7.93. The molecule has 0 saturated carbocycles. The fraction of sp³-hybridized carbons (Fsp3) is 0.269. The summed E-state index contributed by atoms with van der Waals surface area (Å²) >= 11 is 6.32. The number of likely N-dealkylation sites (N-methyl/N-ethyl adjacent to an activating group) is 1. The highest BCUT2D eigenvalue weighted by Crippen LogP contribution is 2.33. The fourth-order valence-corrected chi connectivity index (χ4v) is 5.29. The molecule has 0 unspecified atom stereocenters. The number of anilines is 2. The summed E-state index contributed by atoms with van der Waals surface area (Å²) in [5, 5.41) is 0.406. The number of benzene rings is 3. The molecule has 0 saturated heterocycles. The standard InChI is InChI=1S/C26H29ClN2O4S/c1-17-7-12-24(33-6)25(13-17)34(31,32)29(22-11-9-19(3)23(27)15-22)16-26(30)28(5)21-10-8-18(2)20(4)14-21/h7-15H,16H2,1-6H3. The third-order valence-corrected chi connectivity index (χ3v) is 8.06. The summed E-state index contributed by atoms with van der Waals surface area (Å²) in [5.74, 6) is -0.195. The van der Waals surface area contributed by atoms with Crippen LogP contribution in [0.4, 0.5) is 11.4 Å². The lowest BCUT2D eigenvalue weighted by Gasteiger charge is -2.28. The van der Waals surface area contributed by atoms with Crippen LogP contribution in [0.2, 0.25) is 5.02 Å². The average molecular weight is 501 g/mol. The molecule has 3 aromatic rings. The number of methoxy groups -OCH3 is 1. The molecule has 0 radical (unpaired) electrons. The van der Waals surface area contributed by atoms with Gasteiger partial charge in [0.1, 0.15) is 17.2 Å². The Hall–Kier alpha value is -3.03. The molecule has 0 aliphatic carbocycles. The first-order valence-electron chi connectivity index (χ1n) is 10.7. The Balaban J connectivity index is 2.09. The van der Waals surface area contributed by atoms with Crippen molar-refractivity contribution in [3.63, 3.8) is 0 Å². The maximum atomic E-state index is 13.9. The van der Waals surface area contributed by atoms with Gasteiger partial charge in [0.05, 0.1) is 12.8 Å². The lowest BCUT2D eigenvalue weighted by atomic mass is 10.1. The van der Waals surface area contributed by atoms with Crippen LogP contribution < -0.4 is 13.9 Å². The zero-order valence-corrected chi connectivity index (χ0v) is 21.8. The fourth-order valence-electron chi connectivity index (χ4n) is 3.46. The Morgan fingerprint density at radius 3 is 2.15 bits per heavy atom. The number of nitrogens with zero attached hydrogens (tertiary/aromatic N) is 2. The average Bonchev–Trinajstić information content (AvgIpc) is 2.80. The number of carbonyl (C=O) groups excluding carboxylic acids is 1. The number of hydrogen-bond acceptors (Lipinski definition) is 4. The largest absolute Gasteiger partial charge is 0.495 e. The number of carbonyl (C=O) groups is 1. The van der Waals surface area contributed by atoms with Gasteiger partial charge in [0.25, 0.3) is 10.0 Å². The summed E-state index contributed by atoms with van der Waals surface area (Å²) in [4.78, 5) is 14.8. The first kappa shape index (κ1) is 25.6. The number of sulfonamides is 1. The van der Waals surface area contributed by atoms with Crippen LogP contribution in [0.25, 0.3) is 0 Å². The second kappa shape index (κ2) is 10.1. The molecule has 8 heteroatoms. The monoisotopic (exact) mass is 500 g/mol. The van der Waals surface area contributed by atoms with E-state index in [0.29, 0.717) is 16.4 Å². The van der Waals surface area contributed by atoms with Crippen molar-refractivity contribution >= 4 is 38.9 Å². The molecule has 0 aliphatic rings. The molecule has 3 rings (SSSR count). The van der Waals surface area contributed by atoms with E-state index in [-0.39, 0.29) is 10.6 Å². The number of amides is 1. The summed E-state index contributed by atoms with van der Waals surface area (Å²) in [6.45, 7) is 7.16. The topological polar surface area (TPSA) is 66.9 Å². The predicted octanol–water partition coefficient (Wildman–Crippen LogP) is 5.44. The van der Waals surface area contributed by atoms with Gasteiger partial charge in [-0.15, -0.1) is 0 Å². The second-order valence-electron chi connectivity index (χ2n) is 8.32. The minimum absolute atomic E-state index is 0.0201. The Morgan fingerprint density at radius 1 is 0.882 bits per heavy atom. The lowest BCUT2D eigenvalue weighted by Crippen LogP contribution is -2.42. The van der Waals surface area contributed by atoms with E-state index in [0.717, 1.165) is 26.6 Å². The molecule has 0 fully saturated rings. The first-order chi connectivity index (χ1) is 15.9. The van der Waals surface area contributed by atoms with Crippen molar-refractivity contribution in [1.82, 2.24) is 0 Å². The van der Waals surface area contributed by atoms with Crippen molar-refractivity contribution in [3.8, 4) is 5.75 Å². The summed E-state index contributed by atoms with van der Waals surface area (Å²) in [5.41, 5.74) is 4.67. The van der Waals surface area contributed by atoms with Gasteiger partial charge >= 0.3 is 0 Å². The van der Waals surface area contributed by atoms with Crippen LogP contribution >= 0.6 is 11.6 Å². The van der Waals surface area contributed by atoms with Crippen molar-refractivity contribution in [2.45, 2.75) is 32.6 Å². The summed E-state index contributed by atoms with van der Waals surface area (Å²) in [7, 11) is -1.13. The lowest BCUT2D eigenvalue weighted by molar-refractivity contribution is -0.116. The zero-order valence-electron chi connectivity index (χ0n) is 20.2. The van der Waals surface area contributed by atoms with Crippen LogP contribution in [0.1, 0.15) is 22.3 Å². The smallest absolute Gasteiger partial charge is 0.268 e. The van der Waals surface area contributed by atoms with E-state index in [2.05, 4.69) is 0 Å². The van der Waals surface area contributed by atoms with Crippen molar-refractivity contribution in [2.75, 3.05) is 29.9 Å². The Kier molecular flexibility index (Phi) is 7.58. The van der Waals surface area contributed by atoms with Crippen molar-refractivity contribution < 1.29 is 17.9 Å². The molecule has 0 heterocycles. The van der Waals surface area contributed by atoms with Gasteiger partial charge in [-0.2, -0.15) is 0 Å². The van der Waals surface area contributed by atoms with Crippen LogP contribution in [0.3, 0.4) is 0 Å². The molecule has 0 spiro atoms. The van der Waals surface area contributed by atoms with E-state index in [1.54, 1.807) is 44.3 Å². The number of aryl methyl sites for hydroxylation is 4. The summed E-state index contributed by atoms with van der Waals surface area (Å²) in [6.07, 6.45) is 0. The minimum atomic E-state index is -4.17. The number of ether oxygens (including phenoxy) is 1. The number of halogens is 1. The van der Waals surface area contributed by atoms with Crippen LogP contribution in [0.5, 0.6) is 5.75 Å². The maximum Gasteiger partial charge on any atom is 0.268 e. The molecule has 6 nitrogen and oxygen atoms in total. The van der Waals surface area contributed by atoms with Crippen molar-refractivity contribution in [2.24, 2.45) is 0 Å². The first-order valence-corrected chi connectivity index (χ1v) is 12.5. The molecule has 3 aromatic carbocycles.